The first-order valence-electron chi connectivity index (χ1n) is 5.57. The van der Waals surface area contributed by atoms with Crippen LogP contribution in [0.4, 0.5) is 43.4 Å². The van der Waals surface area contributed by atoms with Gasteiger partial charge >= 0.3 is 6.18 Å². The zero-order chi connectivity index (χ0) is 15.8. The summed E-state index contributed by atoms with van der Waals surface area (Å²) in [6, 6.07) is 4.18. The molecule has 0 spiro atoms. The van der Waals surface area contributed by atoms with E-state index in [1.54, 1.807) is 0 Å². The third-order valence-electron chi connectivity index (χ3n) is 2.65. The maximum Gasteiger partial charge on any atom is 0.418 e. The summed E-state index contributed by atoms with van der Waals surface area (Å²) < 4.78 is 77.9. The molecule has 0 aromatic heterocycles. The Bertz CT molecular complexity index is 681. The standard InChI is InChI=1S/C13H8F6N2/c14-8-2-4-10(12(16)11(8)15)21-9-3-1-6(20)5-7(9)13(17,18)19/h1-5,21H,20H2. The molecule has 2 aromatic rings. The smallest absolute Gasteiger partial charge is 0.399 e. The minimum absolute atomic E-state index is 0.140. The second-order valence-corrected chi connectivity index (χ2v) is 4.15. The fraction of sp³-hybridized carbons (Fsp3) is 0.0769. The summed E-state index contributed by atoms with van der Waals surface area (Å²) in [7, 11) is 0. The number of hydrogen-bond acceptors (Lipinski definition) is 2. The molecule has 0 heterocycles. The Morgan fingerprint density at radius 2 is 1.48 bits per heavy atom. The van der Waals surface area contributed by atoms with Crippen molar-refractivity contribution >= 4 is 17.1 Å². The third kappa shape index (κ3) is 3.04. The SMILES string of the molecule is Nc1ccc(Nc2ccc(F)c(F)c2F)c(C(F)(F)F)c1. The number of nitrogens with two attached hydrogens (primary N) is 1. The van der Waals surface area contributed by atoms with Gasteiger partial charge in [0.15, 0.2) is 17.5 Å². The molecule has 2 aromatic carbocycles. The molecule has 0 aliphatic carbocycles. The first-order valence-corrected chi connectivity index (χ1v) is 5.57. The van der Waals surface area contributed by atoms with Crippen LogP contribution in [-0.4, -0.2) is 0 Å². The molecule has 0 saturated carbocycles. The van der Waals surface area contributed by atoms with Gasteiger partial charge in [-0.1, -0.05) is 0 Å². The molecular formula is C13H8F6N2. The van der Waals surface area contributed by atoms with E-state index in [0.29, 0.717) is 12.1 Å². The molecule has 2 nitrogen and oxygen atoms in total. The number of alkyl halides is 3. The number of benzene rings is 2. The molecule has 8 heteroatoms. The molecule has 0 aliphatic heterocycles. The van der Waals surface area contributed by atoms with Crippen LogP contribution in [0.1, 0.15) is 5.56 Å². The van der Waals surface area contributed by atoms with E-state index >= 15 is 0 Å². The van der Waals surface area contributed by atoms with Gasteiger partial charge in [0.1, 0.15) is 0 Å². The number of nitrogens with one attached hydrogen (secondary N) is 1. The van der Waals surface area contributed by atoms with E-state index in [4.69, 9.17) is 5.73 Å². The zero-order valence-electron chi connectivity index (χ0n) is 10.2. The van der Waals surface area contributed by atoms with Crippen molar-refractivity contribution in [2.45, 2.75) is 6.18 Å². The Balaban J connectivity index is 2.48. The second-order valence-electron chi connectivity index (χ2n) is 4.15. The zero-order valence-corrected chi connectivity index (χ0v) is 10.2. The lowest BCUT2D eigenvalue weighted by atomic mass is 10.1. The maximum absolute atomic E-state index is 13.5. The van der Waals surface area contributed by atoms with Crippen molar-refractivity contribution in [3.63, 3.8) is 0 Å². The van der Waals surface area contributed by atoms with Crippen molar-refractivity contribution < 1.29 is 26.3 Å². The minimum Gasteiger partial charge on any atom is -0.399 e. The first kappa shape index (κ1) is 15.0. The van der Waals surface area contributed by atoms with Gasteiger partial charge in [-0.15, -0.1) is 0 Å². The van der Waals surface area contributed by atoms with Crippen molar-refractivity contribution in [3.05, 3.63) is 53.3 Å². The average Bonchev–Trinajstić information content (AvgIpc) is 2.40. The van der Waals surface area contributed by atoms with E-state index in [9.17, 15) is 26.3 Å². The molecule has 0 radical (unpaired) electrons. The van der Waals surface area contributed by atoms with Crippen LogP contribution in [0.5, 0.6) is 0 Å². The molecule has 0 amide bonds. The van der Waals surface area contributed by atoms with Gasteiger partial charge in [-0.25, -0.2) is 13.2 Å². The van der Waals surface area contributed by atoms with Gasteiger partial charge in [0.05, 0.1) is 16.9 Å². The van der Waals surface area contributed by atoms with E-state index in [1.165, 1.54) is 0 Å². The van der Waals surface area contributed by atoms with Crippen molar-refractivity contribution in [1.29, 1.82) is 0 Å². The van der Waals surface area contributed by atoms with Gasteiger partial charge < -0.3 is 11.1 Å². The van der Waals surface area contributed by atoms with Crippen LogP contribution in [0.25, 0.3) is 0 Å². The van der Waals surface area contributed by atoms with Gasteiger partial charge in [0.2, 0.25) is 0 Å². The van der Waals surface area contributed by atoms with Crippen molar-refractivity contribution in [2.75, 3.05) is 11.1 Å². The number of nitrogen functional groups attached to an aromatic ring is 1. The number of anilines is 3. The highest BCUT2D eigenvalue weighted by Gasteiger charge is 2.34. The van der Waals surface area contributed by atoms with Crippen LogP contribution in [0, 0.1) is 17.5 Å². The Labute approximate surface area is 115 Å². The molecule has 0 saturated heterocycles. The van der Waals surface area contributed by atoms with Gasteiger partial charge in [-0.3, -0.25) is 0 Å². The molecule has 0 aliphatic rings. The topological polar surface area (TPSA) is 38.0 Å². The maximum atomic E-state index is 13.5. The predicted octanol–water partition coefficient (Wildman–Crippen LogP) is 4.45. The number of halogens is 6. The highest BCUT2D eigenvalue weighted by Crippen LogP contribution is 2.37. The largest absolute Gasteiger partial charge is 0.418 e. The summed E-state index contributed by atoms with van der Waals surface area (Å²) >= 11 is 0. The molecule has 0 bridgehead atoms. The van der Waals surface area contributed by atoms with Gasteiger partial charge in [0.25, 0.3) is 0 Å². The summed E-state index contributed by atoms with van der Waals surface area (Å²) in [5.41, 5.74) is 2.85. The molecule has 0 atom stereocenters. The van der Waals surface area contributed by atoms with Crippen LogP contribution in [-0.2, 0) is 6.18 Å². The predicted molar refractivity (Wildman–Crippen MR) is 65.5 cm³/mol. The van der Waals surface area contributed by atoms with E-state index in [1.807, 2.05) is 0 Å². The molecule has 2 rings (SSSR count). The number of hydrogen-bond donors (Lipinski definition) is 2. The molecule has 0 unspecified atom stereocenters. The lowest BCUT2D eigenvalue weighted by Crippen LogP contribution is -2.10. The highest BCUT2D eigenvalue weighted by atomic mass is 19.4. The summed E-state index contributed by atoms with van der Waals surface area (Å²) in [5, 5.41) is 2.09. The van der Waals surface area contributed by atoms with Crippen LogP contribution in [0.2, 0.25) is 0 Å². The molecular weight excluding hydrogens is 298 g/mol. The summed E-state index contributed by atoms with van der Waals surface area (Å²) in [6.45, 7) is 0. The van der Waals surface area contributed by atoms with Gasteiger partial charge in [-0.05, 0) is 30.3 Å². The Hall–Kier alpha value is -2.38. The minimum atomic E-state index is -4.74. The highest BCUT2D eigenvalue weighted by molar-refractivity contribution is 5.67. The third-order valence-corrected chi connectivity index (χ3v) is 2.65. The van der Waals surface area contributed by atoms with Crippen LogP contribution in [0.15, 0.2) is 30.3 Å². The molecule has 112 valence electrons. The van der Waals surface area contributed by atoms with Gasteiger partial charge in [0, 0.05) is 5.69 Å². The second kappa shape index (κ2) is 5.19. The fourth-order valence-corrected chi connectivity index (χ4v) is 1.67. The first-order chi connectivity index (χ1) is 9.70. The van der Waals surface area contributed by atoms with Gasteiger partial charge in [-0.2, -0.15) is 13.2 Å². The average molecular weight is 306 g/mol. The lowest BCUT2D eigenvalue weighted by Gasteiger charge is -2.15. The monoisotopic (exact) mass is 306 g/mol. The summed E-state index contributed by atoms with van der Waals surface area (Å²) in [4.78, 5) is 0. The van der Waals surface area contributed by atoms with Crippen LogP contribution in [0.3, 0.4) is 0 Å². The summed E-state index contributed by atoms with van der Waals surface area (Å²) in [6.07, 6.45) is -4.74. The van der Waals surface area contributed by atoms with Crippen LogP contribution < -0.4 is 11.1 Å². The van der Waals surface area contributed by atoms with E-state index < -0.39 is 40.6 Å². The van der Waals surface area contributed by atoms with Crippen molar-refractivity contribution in [2.24, 2.45) is 0 Å². The molecule has 3 N–H and O–H groups in total. The fourth-order valence-electron chi connectivity index (χ4n) is 1.67. The van der Waals surface area contributed by atoms with Crippen LogP contribution >= 0.6 is 0 Å². The van der Waals surface area contributed by atoms with Crippen molar-refractivity contribution in [3.8, 4) is 0 Å². The Morgan fingerprint density at radius 3 is 2.10 bits per heavy atom. The van der Waals surface area contributed by atoms with E-state index in [-0.39, 0.29) is 5.69 Å². The number of rotatable bonds is 2. The Morgan fingerprint density at radius 1 is 0.857 bits per heavy atom. The van der Waals surface area contributed by atoms with E-state index in [0.717, 1.165) is 18.2 Å². The van der Waals surface area contributed by atoms with E-state index in [2.05, 4.69) is 5.32 Å². The molecule has 0 fully saturated rings. The quantitative estimate of drug-likeness (QED) is 0.489. The Kier molecular flexibility index (Phi) is 3.71. The van der Waals surface area contributed by atoms with Crippen molar-refractivity contribution in [1.82, 2.24) is 0 Å². The molecule has 21 heavy (non-hydrogen) atoms. The normalized spacial score (nSPS) is 11.5. The lowest BCUT2D eigenvalue weighted by molar-refractivity contribution is -0.136. The summed E-state index contributed by atoms with van der Waals surface area (Å²) in [5.74, 6) is -4.82.